The number of hydrogen-bond donors (Lipinski definition) is 0. The third-order valence-corrected chi connectivity index (χ3v) is 10.5. The number of pyridine rings is 1. The molecule has 0 N–H and O–H groups in total. The number of benzene rings is 8. The highest BCUT2D eigenvalue weighted by atomic mass is 14.9. The van der Waals surface area contributed by atoms with Crippen LogP contribution >= 0.6 is 0 Å². The second-order valence-corrected chi connectivity index (χ2v) is 14.0. The van der Waals surface area contributed by atoms with Gasteiger partial charge in [-0.25, -0.2) is 15.0 Å². The van der Waals surface area contributed by atoms with Crippen molar-refractivity contribution in [1.82, 2.24) is 15.0 Å². The smallest absolute Gasteiger partial charge is 0.162 e. The van der Waals surface area contributed by atoms with Crippen LogP contribution in [0.4, 0.5) is 0 Å². The fourth-order valence-electron chi connectivity index (χ4n) is 7.65. The lowest BCUT2D eigenvalue weighted by Gasteiger charge is -2.17. The number of fused-ring (bicyclic) bond motifs is 3. The van der Waals surface area contributed by atoms with Gasteiger partial charge in [0.15, 0.2) is 5.82 Å². The highest BCUT2D eigenvalue weighted by Gasteiger charge is 2.20. The summed E-state index contributed by atoms with van der Waals surface area (Å²) in [6.07, 6.45) is 0. The van der Waals surface area contributed by atoms with Crippen LogP contribution in [0.2, 0.25) is 0 Å². The highest BCUT2D eigenvalue weighted by Crippen LogP contribution is 2.41. The minimum absolute atomic E-state index is 0.629. The summed E-state index contributed by atoms with van der Waals surface area (Å²) in [6, 6.07) is 74.4. The van der Waals surface area contributed by atoms with Crippen LogP contribution in [0, 0.1) is 0 Å². The summed E-state index contributed by atoms with van der Waals surface area (Å²) in [5, 5.41) is 3.33. The molecule has 0 unspecified atom stereocenters. The minimum atomic E-state index is 0.629. The molecule has 0 saturated heterocycles. The molecule has 0 atom stereocenters. The molecule has 2 heterocycles. The zero-order chi connectivity index (χ0) is 37.3. The van der Waals surface area contributed by atoms with Crippen molar-refractivity contribution in [3.05, 3.63) is 212 Å². The Morgan fingerprint density at radius 3 is 1.20 bits per heavy atom. The summed E-state index contributed by atoms with van der Waals surface area (Å²) >= 11 is 0. The molecule has 0 saturated carbocycles. The quantitative estimate of drug-likeness (QED) is 0.154. The first-order chi connectivity index (χ1) is 27.7. The van der Waals surface area contributed by atoms with Crippen molar-refractivity contribution in [1.29, 1.82) is 0 Å². The van der Waals surface area contributed by atoms with Gasteiger partial charge in [-0.05, 0) is 62.4 Å². The monoisotopic (exact) mass is 713 g/mol. The van der Waals surface area contributed by atoms with Gasteiger partial charge in [-0.3, -0.25) is 0 Å². The van der Waals surface area contributed by atoms with Gasteiger partial charge < -0.3 is 0 Å². The van der Waals surface area contributed by atoms with Crippen LogP contribution in [0.5, 0.6) is 0 Å². The lowest BCUT2D eigenvalue weighted by Crippen LogP contribution is -1.99. The van der Waals surface area contributed by atoms with Gasteiger partial charge in [-0.1, -0.05) is 194 Å². The van der Waals surface area contributed by atoms with Crippen LogP contribution in [0.1, 0.15) is 0 Å². The molecule has 0 aliphatic carbocycles. The summed E-state index contributed by atoms with van der Waals surface area (Å²) in [4.78, 5) is 16.2. The van der Waals surface area contributed by atoms with E-state index in [-0.39, 0.29) is 0 Å². The van der Waals surface area contributed by atoms with E-state index >= 15 is 0 Å². The Bertz CT molecular complexity index is 2860. The molecule has 0 bridgehead atoms. The van der Waals surface area contributed by atoms with E-state index in [1.165, 1.54) is 11.1 Å². The second kappa shape index (κ2) is 14.4. The molecule has 0 radical (unpaired) electrons. The van der Waals surface area contributed by atoms with E-state index in [1.807, 2.05) is 18.2 Å². The van der Waals surface area contributed by atoms with E-state index in [1.54, 1.807) is 0 Å². The van der Waals surface area contributed by atoms with E-state index in [9.17, 15) is 0 Å². The van der Waals surface area contributed by atoms with Crippen molar-refractivity contribution < 1.29 is 0 Å². The maximum Gasteiger partial charge on any atom is 0.162 e. The molecule has 8 aromatic carbocycles. The average Bonchev–Trinajstić information content (AvgIpc) is 3.29. The van der Waals surface area contributed by atoms with Crippen molar-refractivity contribution in [3.63, 3.8) is 0 Å². The van der Waals surface area contributed by atoms with E-state index < -0.39 is 0 Å². The van der Waals surface area contributed by atoms with E-state index in [0.717, 1.165) is 83.3 Å². The Labute approximate surface area is 326 Å². The summed E-state index contributed by atoms with van der Waals surface area (Å²) < 4.78 is 0. The Kier molecular flexibility index (Phi) is 8.51. The first-order valence-corrected chi connectivity index (χ1v) is 18.9. The molecule has 3 nitrogen and oxygen atoms in total. The molecule has 0 aliphatic heterocycles. The highest BCUT2D eigenvalue weighted by molar-refractivity contribution is 6.18. The third kappa shape index (κ3) is 6.31. The van der Waals surface area contributed by atoms with Gasteiger partial charge >= 0.3 is 0 Å². The number of nitrogens with zero attached hydrogens (tertiary/aromatic N) is 3. The summed E-state index contributed by atoms with van der Waals surface area (Å²) in [6.45, 7) is 0. The minimum Gasteiger partial charge on any atom is -0.247 e. The Balaban J connectivity index is 1.23. The van der Waals surface area contributed by atoms with Crippen molar-refractivity contribution in [2.24, 2.45) is 0 Å². The van der Waals surface area contributed by atoms with Crippen molar-refractivity contribution >= 4 is 21.7 Å². The zero-order valence-corrected chi connectivity index (χ0v) is 30.5. The van der Waals surface area contributed by atoms with Crippen LogP contribution in [0.25, 0.3) is 100 Å². The largest absolute Gasteiger partial charge is 0.247 e. The fraction of sp³-hybridized carbons (Fsp3) is 0. The fourth-order valence-corrected chi connectivity index (χ4v) is 7.65. The molecule has 56 heavy (non-hydrogen) atoms. The predicted octanol–water partition coefficient (Wildman–Crippen LogP) is 13.8. The summed E-state index contributed by atoms with van der Waals surface area (Å²) in [7, 11) is 0. The molecule has 0 spiro atoms. The number of hydrogen-bond acceptors (Lipinski definition) is 3. The second-order valence-electron chi connectivity index (χ2n) is 14.0. The van der Waals surface area contributed by atoms with Gasteiger partial charge in [0.05, 0.1) is 22.6 Å². The Morgan fingerprint density at radius 1 is 0.268 bits per heavy atom. The first-order valence-electron chi connectivity index (χ1n) is 18.9. The summed E-state index contributed by atoms with van der Waals surface area (Å²) in [5.41, 5.74) is 14.4. The average molecular weight is 714 g/mol. The van der Waals surface area contributed by atoms with Gasteiger partial charge in [-0.15, -0.1) is 0 Å². The van der Waals surface area contributed by atoms with Crippen LogP contribution in [0.3, 0.4) is 0 Å². The maximum absolute atomic E-state index is 5.47. The SMILES string of the molecule is c1ccc(-c2ccc(-c3cc(-c4ccc(-c5ccccc5)cc4)nc(-c4cc5ccccc5c5c(-c6ccccc6)cc(-c6ccccc6)nc45)n3)cc2)cc1. The standard InChI is InChI=1S/C53H35N3/c1-5-15-36(16-6-1)38-25-29-42(30-26-38)49-35-50(43-31-27-39(28-32-43)37-17-7-2-8-18-37)56-53(55-49)47-33-44-23-13-14-24-45(44)51-46(40-19-9-3-10-20-40)34-48(54-52(47)51)41-21-11-4-12-22-41/h1-35H. The van der Waals surface area contributed by atoms with Crippen LogP contribution in [-0.2, 0) is 0 Å². The molecule has 10 rings (SSSR count). The topological polar surface area (TPSA) is 38.7 Å². The maximum atomic E-state index is 5.47. The molecule has 0 aliphatic rings. The third-order valence-electron chi connectivity index (χ3n) is 10.5. The Morgan fingerprint density at radius 2 is 0.661 bits per heavy atom. The van der Waals surface area contributed by atoms with Crippen LogP contribution < -0.4 is 0 Å². The molecular formula is C53H35N3. The van der Waals surface area contributed by atoms with E-state index in [0.29, 0.717) is 5.82 Å². The number of rotatable bonds is 7. The van der Waals surface area contributed by atoms with Gasteiger partial charge in [0.25, 0.3) is 0 Å². The van der Waals surface area contributed by atoms with E-state index in [2.05, 4.69) is 194 Å². The van der Waals surface area contributed by atoms with Gasteiger partial charge in [0, 0.05) is 27.6 Å². The lowest BCUT2D eigenvalue weighted by atomic mass is 9.92. The van der Waals surface area contributed by atoms with Crippen LogP contribution in [0.15, 0.2) is 212 Å². The predicted molar refractivity (Wildman–Crippen MR) is 233 cm³/mol. The summed E-state index contributed by atoms with van der Waals surface area (Å²) in [5.74, 6) is 0.629. The first kappa shape index (κ1) is 33.1. The molecule has 3 heteroatoms. The van der Waals surface area contributed by atoms with Crippen LogP contribution in [-0.4, -0.2) is 15.0 Å². The number of aromatic nitrogens is 3. The van der Waals surface area contributed by atoms with E-state index in [4.69, 9.17) is 15.0 Å². The van der Waals surface area contributed by atoms with Crippen molar-refractivity contribution in [2.75, 3.05) is 0 Å². The molecule has 0 amide bonds. The van der Waals surface area contributed by atoms with Crippen molar-refractivity contribution in [2.45, 2.75) is 0 Å². The zero-order valence-electron chi connectivity index (χ0n) is 30.5. The normalized spacial score (nSPS) is 11.2. The molecule has 10 aromatic rings. The molecular weight excluding hydrogens is 679 g/mol. The van der Waals surface area contributed by atoms with Crippen molar-refractivity contribution in [3.8, 4) is 78.5 Å². The molecule has 2 aromatic heterocycles. The van der Waals surface area contributed by atoms with Gasteiger partial charge in [0.2, 0.25) is 0 Å². The lowest BCUT2D eigenvalue weighted by molar-refractivity contribution is 1.18. The molecule has 262 valence electrons. The Hall–Kier alpha value is -7.49. The van der Waals surface area contributed by atoms with Gasteiger partial charge in [0.1, 0.15) is 0 Å². The molecule has 0 fully saturated rings. The van der Waals surface area contributed by atoms with Gasteiger partial charge in [-0.2, -0.15) is 0 Å².